The molecule has 1 aliphatic carbocycles. The van der Waals surface area contributed by atoms with E-state index in [2.05, 4.69) is 13.2 Å². The van der Waals surface area contributed by atoms with Gasteiger partial charge in [-0.3, -0.25) is 14.4 Å². The maximum absolute atomic E-state index is 14.4. The largest absolute Gasteiger partial charge is 0.395 e. The fourth-order valence-corrected chi connectivity index (χ4v) is 7.57. The molecule has 0 aromatic heterocycles. The zero-order chi connectivity index (χ0) is 27.6. The normalized spacial score (nSPS) is 29.8. The number of ether oxygens (including phenoxy) is 1. The maximum Gasteiger partial charge on any atom is 0.248 e. The van der Waals surface area contributed by atoms with Crippen molar-refractivity contribution in [3.8, 4) is 0 Å². The van der Waals surface area contributed by atoms with Crippen molar-refractivity contribution in [2.24, 2.45) is 11.8 Å². The van der Waals surface area contributed by atoms with Crippen molar-refractivity contribution in [2.45, 2.75) is 75.3 Å². The third-order valence-electron chi connectivity index (χ3n) is 9.16. The summed E-state index contributed by atoms with van der Waals surface area (Å²) in [5, 5.41) is 9.90. The van der Waals surface area contributed by atoms with E-state index >= 15 is 0 Å². The molecule has 8 heteroatoms. The number of benzene rings is 1. The molecule has 5 rings (SSSR count). The molecule has 3 heterocycles. The van der Waals surface area contributed by atoms with Gasteiger partial charge in [0.15, 0.2) is 0 Å². The van der Waals surface area contributed by atoms with Gasteiger partial charge in [-0.05, 0) is 31.2 Å². The molecule has 1 saturated carbocycles. The standard InChI is InChI=1S/C31H41N3O5/c1-3-17-32(21-22-11-7-5-8-12-22)28(36)25-24-15-16-31(39-24)26(25)29(37)34(19-20-35)27(31)30(38)33(18-4-2)23-13-9-6-10-14-23/h3-5,7-8,11-12,23-27,35H,1-2,6,9-10,13-21H2/t24-,25+,26-,27?,31?/m0/s1. The molecule has 0 radical (unpaired) electrons. The lowest BCUT2D eigenvalue weighted by molar-refractivity contribution is -0.151. The number of aliphatic hydroxyl groups excluding tert-OH is 1. The molecule has 3 amide bonds. The van der Waals surface area contributed by atoms with Crippen LogP contribution in [0.15, 0.2) is 55.6 Å². The second-order valence-corrected chi connectivity index (χ2v) is 11.4. The number of fused-ring (bicyclic) bond motifs is 1. The molecule has 8 nitrogen and oxygen atoms in total. The number of β-amino-alcohol motifs (C(OH)–C–C–N with tert-alkyl or cyclic N) is 1. The Morgan fingerprint density at radius 3 is 2.44 bits per heavy atom. The number of hydrogen-bond donors (Lipinski definition) is 1. The van der Waals surface area contributed by atoms with Gasteiger partial charge in [-0.2, -0.15) is 0 Å². The number of aliphatic hydroxyl groups is 1. The molecular formula is C31H41N3O5. The average Bonchev–Trinajstić information content (AvgIpc) is 3.60. The Hall–Kier alpha value is -2.97. The van der Waals surface area contributed by atoms with Gasteiger partial charge in [-0.15, -0.1) is 13.2 Å². The summed E-state index contributed by atoms with van der Waals surface area (Å²) in [6, 6.07) is 8.99. The number of rotatable bonds is 11. The van der Waals surface area contributed by atoms with E-state index in [0.717, 1.165) is 37.7 Å². The number of nitrogens with zero attached hydrogens (tertiary/aromatic N) is 3. The van der Waals surface area contributed by atoms with Crippen LogP contribution >= 0.6 is 0 Å². The monoisotopic (exact) mass is 535 g/mol. The first-order chi connectivity index (χ1) is 19.0. The van der Waals surface area contributed by atoms with E-state index in [1.165, 1.54) is 4.90 Å². The summed E-state index contributed by atoms with van der Waals surface area (Å²) in [7, 11) is 0. The van der Waals surface area contributed by atoms with Crippen molar-refractivity contribution in [1.82, 2.24) is 14.7 Å². The molecule has 1 aromatic rings. The van der Waals surface area contributed by atoms with E-state index in [4.69, 9.17) is 4.74 Å². The van der Waals surface area contributed by atoms with Crippen LogP contribution in [0.25, 0.3) is 0 Å². The summed E-state index contributed by atoms with van der Waals surface area (Å²) >= 11 is 0. The van der Waals surface area contributed by atoms with Crippen LogP contribution in [0.4, 0.5) is 0 Å². The highest BCUT2D eigenvalue weighted by Gasteiger charge is 2.75. The Labute approximate surface area is 231 Å². The molecule has 1 N–H and O–H groups in total. The van der Waals surface area contributed by atoms with Crippen LogP contribution in [0.2, 0.25) is 0 Å². The summed E-state index contributed by atoms with van der Waals surface area (Å²) in [4.78, 5) is 47.6. The van der Waals surface area contributed by atoms with Crippen LogP contribution in [0.5, 0.6) is 0 Å². The Kier molecular flexibility index (Phi) is 8.24. The van der Waals surface area contributed by atoms with Crippen LogP contribution in [-0.4, -0.2) is 87.6 Å². The molecule has 210 valence electrons. The summed E-state index contributed by atoms with van der Waals surface area (Å²) in [5.41, 5.74) is -0.0681. The van der Waals surface area contributed by atoms with Crippen molar-refractivity contribution < 1.29 is 24.2 Å². The van der Waals surface area contributed by atoms with E-state index in [0.29, 0.717) is 32.5 Å². The molecule has 2 bridgehead atoms. The van der Waals surface area contributed by atoms with Gasteiger partial charge in [0, 0.05) is 32.2 Å². The lowest BCUT2D eigenvalue weighted by Gasteiger charge is -2.40. The predicted octanol–water partition coefficient (Wildman–Crippen LogP) is 2.92. The summed E-state index contributed by atoms with van der Waals surface area (Å²) in [5.74, 6) is -1.97. The molecule has 39 heavy (non-hydrogen) atoms. The van der Waals surface area contributed by atoms with Gasteiger partial charge in [0.1, 0.15) is 11.6 Å². The smallest absolute Gasteiger partial charge is 0.248 e. The fourth-order valence-electron chi connectivity index (χ4n) is 7.57. The Morgan fingerprint density at radius 2 is 1.77 bits per heavy atom. The van der Waals surface area contributed by atoms with Gasteiger partial charge in [0.05, 0.1) is 24.5 Å². The Bertz CT molecular complexity index is 1090. The van der Waals surface area contributed by atoms with Crippen LogP contribution in [0.1, 0.15) is 50.5 Å². The van der Waals surface area contributed by atoms with E-state index in [9.17, 15) is 19.5 Å². The summed E-state index contributed by atoms with van der Waals surface area (Å²) in [6.45, 7) is 8.66. The minimum atomic E-state index is -1.06. The van der Waals surface area contributed by atoms with Gasteiger partial charge in [0.2, 0.25) is 17.7 Å². The second-order valence-electron chi connectivity index (χ2n) is 11.4. The summed E-state index contributed by atoms with van der Waals surface area (Å²) < 4.78 is 6.60. The van der Waals surface area contributed by atoms with Crippen molar-refractivity contribution in [2.75, 3.05) is 26.2 Å². The highest BCUT2D eigenvalue weighted by molar-refractivity contribution is 5.99. The molecule has 1 aromatic carbocycles. The SMILES string of the molecule is C=CCN(Cc1ccccc1)C(=O)[C@@H]1[C@@H]2CCC3(O2)C(C(=O)N(CC=C)C2CCCCC2)N(CCO)C(=O)[C@H]13. The summed E-state index contributed by atoms with van der Waals surface area (Å²) in [6.07, 6.45) is 9.34. The first kappa shape index (κ1) is 27.6. The van der Waals surface area contributed by atoms with Gasteiger partial charge in [-0.1, -0.05) is 61.7 Å². The predicted molar refractivity (Wildman–Crippen MR) is 147 cm³/mol. The van der Waals surface area contributed by atoms with Gasteiger partial charge in [0.25, 0.3) is 0 Å². The molecule has 3 saturated heterocycles. The number of carbonyl (C=O) groups excluding carboxylic acids is 3. The molecule has 3 aliphatic heterocycles. The number of hydrogen-bond acceptors (Lipinski definition) is 5. The molecule has 2 unspecified atom stereocenters. The molecule has 1 spiro atoms. The first-order valence-corrected chi connectivity index (χ1v) is 14.4. The van der Waals surface area contributed by atoms with Gasteiger partial charge in [-0.25, -0.2) is 0 Å². The zero-order valence-corrected chi connectivity index (χ0v) is 22.7. The van der Waals surface area contributed by atoms with E-state index < -0.39 is 29.6 Å². The van der Waals surface area contributed by atoms with Crippen molar-refractivity contribution in [3.63, 3.8) is 0 Å². The lowest BCUT2D eigenvalue weighted by Crippen LogP contribution is -2.58. The molecule has 5 atom stereocenters. The maximum atomic E-state index is 14.4. The number of amides is 3. The van der Waals surface area contributed by atoms with Gasteiger partial charge >= 0.3 is 0 Å². The average molecular weight is 536 g/mol. The lowest BCUT2D eigenvalue weighted by atomic mass is 9.70. The first-order valence-electron chi connectivity index (χ1n) is 14.4. The molecular weight excluding hydrogens is 494 g/mol. The second kappa shape index (κ2) is 11.6. The Balaban J connectivity index is 1.47. The van der Waals surface area contributed by atoms with Crippen LogP contribution in [-0.2, 0) is 25.7 Å². The highest BCUT2D eigenvalue weighted by atomic mass is 16.5. The quantitative estimate of drug-likeness (QED) is 0.440. The van der Waals surface area contributed by atoms with Crippen molar-refractivity contribution >= 4 is 17.7 Å². The highest BCUT2D eigenvalue weighted by Crippen LogP contribution is 2.59. The third-order valence-corrected chi connectivity index (χ3v) is 9.16. The number of carbonyl (C=O) groups is 3. The van der Waals surface area contributed by atoms with Crippen LogP contribution in [0.3, 0.4) is 0 Å². The zero-order valence-electron chi connectivity index (χ0n) is 22.7. The van der Waals surface area contributed by atoms with Crippen LogP contribution < -0.4 is 0 Å². The molecule has 4 fully saturated rings. The topological polar surface area (TPSA) is 90.4 Å². The van der Waals surface area contributed by atoms with Crippen molar-refractivity contribution in [3.05, 3.63) is 61.2 Å². The van der Waals surface area contributed by atoms with E-state index in [-0.39, 0.29) is 36.9 Å². The van der Waals surface area contributed by atoms with E-state index in [1.54, 1.807) is 17.1 Å². The van der Waals surface area contributed by atoms with Crippen LogP contribution in [0, 0.1) is 11.8 Å². The Morgan fingerprint density at radius 1 is 1.05 bits per heavy atom. The third kappa shape index (κ3) is 4.82. The molecule has 4 aliphatic rings. The fraction of sp³-hybridized carbons (Fsp3) is 0.581. The van der Waals surface area contributed by atoms with Gasteiger partial charge < -0.3 is 24.5 Å². The minimum Gasteiger partial charge on any atom is -0.395 e. The minimum absolute atomic E-state index is 0.0371. The number of likely N-dealkylation sites (tertiary alicyclic amines) is 1. The van der Waals surface area contributed by atoms with E-state index in [1.807, 2.05) is 35.2 Å². The van der Waals surface area contributed by atoms with Crippen molar-refractivity contribution in [1.29, 1.82) is 0 Å².